The number of hydrogen-bond acceptors (Lipinski definition) is 2. The maximum absolute atomic E-state index is 13.6. The van der Waals surface area contributed by atoms with Crippen LogP contribution in [0.3, 0.4) is 0 Å². The van der Waals surface area contributed by atoms with E-state index in [1.54, 1.807) is 25.1 Å². The van der Waals surface area contributed by atoms with Gasteiger partial charge < -0.3 is 15.7 Å². The summed E-state index contributed by atoms with van der Waals surface area (Å²) in [6.07, 6.45) is 0. The zero-order valence-corrected chi connectivity index (χ0v) is 11.2. The molecule has 0 heterocycles. The van der Waals surface area contributed by atoms with Crippen LogP contribution in [0.15, 0.2) is 42.5 Å². The van der Waals surface area contributed by atoms with E-state index in [0.717, 1.165) is 0 Å². The van der Waals surface area contributed by atoms with Crippen LogP contribution in [0, 0.1) is 12.7 Å². The number of carboxylic acid groups (broad SMARTS) is 1. The van der Waals surface area contributed by atoms with Gasteiger partial charge in [-0.25, -0.2) is 14.0 Å². The number of nitrogens with one attached hydrogen (secondary N) is 2. The third-order valence-electron chi connectivity index (χ3n) is 2.87. The van der Waals surface area contributed by atoms with Crippen LogP contribution < -0.4 is 10.6 Å². The normalized spacial score (nSPS) is 10.0. The number of halogens is 1. The summed E-state index contributed by atoms with van der Waals surface area (Å²) in [6.45, 7) is 1.66. The number of aromatic carboxylic acids is 1. The SMILES string of the molecule is Cc1cccc(F)c1NC(=O)Nc1ccccc1C(=O)O. The van der Waals surface area contributed by atoms with Crippen molar-refractivity contribution in [2.24, 2.45) is 0 Å². The molecule has 0 saturated heterocycles. The molecule has 6 heteroatoms. The number of anilines is 2. The minimum atomic E-state index is -1.16. The van der Waals surface area contributed by atoms with Crippen molar-refractivity contribution in [2.75, 3.05) is 10.6 Å². The molecule has 0 radical (unpaired) electrons. The predicted molar refractivity (Wildman–Crippen MR) is 77.2 cm³/mol. The van der Waals surface area contributed by atoms with Crippen LogP contribution in [0.1, 0.15) is 15.9 Å². The van der Waals surface area contributed by atoms with E-state index in [1.165, 1.54) is 24.3 Å². The monoisotopic (exact) mass is 288 g/mol. The van der Waals surface area contributed by atoms with E-state index in [-0.39, 0.29) is 16.9 Å². The van der Waals surface area contributed by atoms with Gasteiger partial charge in [-0.15, -0.1) is 0 Å². The van der Waals surface area contributed by atoms with Gasteiger partial charge in [-0.05, 0) is 30.7 Å². The fourth-order valence-electron chi connectivity index (χ4n) is 1.84. The standard InChI is InChI=1S/C15H13FN2O3/c1-9-5-4-7-11(16)13(9)18-15(21)17-12-8-3-2-6-10(12)14(19)20/h2-8H,1H3,(H,19,20)(H2,17,18,21). The van der Waals surface area contributed by atoms with Crippen LogP contribution in [-0.2, 0) is 0 Å². The number of aryl methyl sites for hydroxylation is 1. The third-order valence-corrected chi connectivity index (χ3v) is 2.87. The van der Waals surface area contributed by atoms with Gasteiger partial charge in [0.2, 0.25) is 0 Å². The molecule has 0 aliphatic carbocycles. The van der Waals surface area contributed by atoms with E-state index < -0.39 is 17.8 Å². The Morgan fingerprint density at radius 2 is 1.76 bits per heavy atom. The van der Waals surface area contributed by atoms with Crippen molar-refractivity contribution in [1.29, 1.82) is 0 Å². The van der Waals surface area contributed by atoms with E-state index in [2.05, 4.69) is 10.6 Å². The topological polar surface area (TPSA) is 78.4 Å². The summed E-state index contributed by atoms with van der Waals surface area (Å²) < 4.78 is 13.6. The van der Waals surface area contributed by atoms with Crippen LogP contribution in [0.5, 0.6) is 0 Å². The molecule has 0 fully saturated rings. The van der Waals surface area contributed by atoms with Gasteiger partial charge in [0.1, 0.15) is 5.82 Å². The van der Waals surface area contributed by atoms with Crippen LogP contribution in [0.25, 0.3) is 0 Å². The van der Waals surface area contributed by atoms with Crippen LogP contribution in [-0.4, -0.2) is 17.1 Å². The Kier molecular flexibility index (Phi) is 4.18. The molecule has 2 amide bonds. The quantitative estimate of drug-likeness (QED) is 0.809. The van der Waals surface area contributed by atoms with E-state index in [0.29, 0.717) is 5.56 Å². The van der Waals surface area contributed by atoms with Gasteiger partial charge in [0.15, 0.2) is 0 Å². The van der Waals surface area contributed by atoms with Crippen molar-refractivity contribution < 1.29 is 19.1 Å². The summed E-state index contributed by atoms with van der Waals surface area (Å²) >= 11 is 0. The Balaban J connectivity index is 2.18. The van der Waals surface area contributed by atoms with Crippen LogP contribution >= 0.6 is 0 Å². The minimum absolute atomic E-state index is 0.0436. The summed E-state index contributed by atoms with van der Waals surface area (Å²) in [7, 11) is 0. The first kappa shape index (κ1) is 14.5. The lowest BCUT2D eigenvalue weighted by atomic mass is 10.2. The number of hydrogen-bond donors (Lipinski definition) is 3. The zero-order chi connectivity index (χ0) is 15.4. The van der Waals surface area contributed by atoms with E-state index in [9.17, 15) is 14.0 Å². The first-order valence-electron chi connectivity index (χ1n) is 6.14. The number of carbonyl (C=O) groups excluding carboxylic acids is 1. The van der Waals surface area contributed by atoms with Gasteiger partial charge in [-0.3, -0.25) is 0 Å². The average molecular weight is 288 g/mol. The number of rotatable bonds is 3. The van der Waals surface area contributed by atoms with Gasteiger partial charge in [-0.2, -0.15) is 0 Å². The van der Waals surface area contributed by atoms with Crippen molar-refractivity contribution in [2.45, 2.75) is 6.92 Å². The fraction of sp³-hybridized carbons (Fsp3) is 0.0667. The summed E-state index contributed by atoms with van der Waals surface area (Å²) in [5.74, 6) is -1.72. The largest absolute Gasteiger partial charge is 0.478 e. The number of carboxylic acids is 1. The molecule has 0 spiro atoms. The number of urea groups is 1. The van der Waals surface area contributed by atoms with Crippen molar-refractivity contribution in [3.8, 4) is 0 Å². The second-order valence-electron chi connectivity index (χ2n) is 4.36. The molecule has 0 saturated carbocycles. The van der Waals surface area contributed by atoms with Gasteiger partial charge in [0, 0.05) is 0 Å². The molecule has 0 aliphatic rings. The Morgan fingerprint density at radius 1 is 1.05 bits per heavy atom. The molecular formula is C15H13FN2O3. The molecule has 21 heavy (non-hydrogen) atoms. The maximum Gasteiger partial charge on any atom is 0.337 e. The Hall–Kier alpha value is -2.89. The highest BCUT2D eigenvalue weighted by Gasteiger charge is 2.13. The highest BCUT2D eigenvalue weighted by Crippen LogP contribution is 2.20. The molecule has 2 rings (SSSR count). The van der Waals surface area contributed by atoms with Crippen LogP contribution in [0.2, 0.25) is 0 Å². The molecule has 0 aliphatic heterocycles. The Labute approximate surface area is 120 Å². The molecule has 0 aromatic heterocycles. The first-order valence-corrected chi connectivity index (χ1v) is 6.14. The number of amides is 2. The van der Waals surface area contributed by atoms with Crippen molar-refractivity contribution in [3.63, 3.8) is 0 Å². The van der Waals surface area contributed by atoms with Crippen molar-refractivity contribution >= 4 is 23.4 Å². The second kappa shape index (κ2) is 6.04. The highest BCUT2D eigenvalue weighted by atomic mass is 19.1. The van der Waals surface area contributed by atoms with E-state index in [1.807, 2.05) is 0 Å². The summed E-state index contributed by atoms with van der Waals surface area (Å²) in [4.78, 5) is 22.9. The van der Waals surface area contributed by atoms with E-state index in [4.69, 9.17) is 5.11 Å². The lowest BCUT2D eigenvalue weighted by molar-refractivity contribution is 0.0698. The minimum Gasteiger partial charge on any atom is -0.478 e. The molecule has 0 atom stereocenters. The lowest BCUT2D eigenvalue weighted by Crippen LogP contribution is -2.22. The Morgan fingerprint density at radius 3 is 2.43 bits per heavy atom. The maximum atomic E-state index is 13.6. The summed E-state index contributed by atoms with van der Waals surface area (Å²) in [5, 5.41) is 13.8. The molecular weight excluding hydrogens is 275 g/mol. The summed E-state index contributed by atoms with van der Waals surface area (Å²) in [5.41, 5.74) is 0.717. The van der Waals surface area contributed by atoms with Crippen molar-refractivity contribution in [1.82, 2.24) is 0 Å². The number of para-hydroxylation sites is 2. The first-order chi connectivity index (χ1) is 9.99. The van der Waals surface area contributed by atoms with Gasteiger partial charge in [-0.1, -0.05) is 24.3 Å². The molecule has 108 valence electrons. The van der Waals surface area contributed by atoms with Gasteiger partial charge >= 0.3 is 12.0 Å². The number of benzene rings is 2. The zero-order valence-electron chi connectivity index (χ0n) is 11.2. The summed E-state index contributed by atoms with van der Waals surface area (Å²) in [6, 6.07) is 9.68. The van der Waals surface area contributed by atoms with Crippen LogP contribution in [0.4, 0.5) is 20.6 Å². The second-order valence-corrected chi connectivity index (χ2v) is 4.36. The molecule has 2 aromatic carbocycles. The molecule has 2 aromatic rings. The molecule has 5 nitrogen and oxygen atoms in total. The third kappa shape index (κ3) is 3.36. The Bertz CT molecular complexity index is 681. The highest BCUT2D eigenvalue weighted by molar-refractivity contribution is 6.04. The lowest BCUT2D eigenvalue weighted by Gasteiger charge is -2.12. The molecule has 0 bridgehead atoms. The van der Waals surface area contributed by atoms with Crippen molar-refractivity contribution in [3.05, 3.63) is 59.4 Å². The fourth-order valence-corrected chi connectivity index (χ4v) is 1.84. The molecule has 3 N–H and O–H groups in total. The average Bonchev–Trinajstić information content (AvgIpc) is 2.43. The smallest absolute Gasteiger partial charge is 0.337 e. The predicted octanol–water partition coefficient (Wildman–Crippen LogP) is 3.48. The van der Waals surface area contributed by atoms with E-state index >= 15 is 0 Å². The van der Waals surface area contributed by atoms with Gasteiger partial charge in [0.25, 0.3) is 0 Å². The number of carbonyl (C=O) groups is 2. The molecule has 0 unspecified atom stereocenters. The van der Waals surface area contributed by atoms with Gasteiger partial charge in [0.05, 0.1) is 16.9 Å².